The summed E-state index contributed by atoms with van der Waals surface area (Å²) in [6.45, 7) is 5.78. The normalized spacial score (nSPS) is 26.6. The summed E-state index contributed by atoms with van der Waals surface area (Å²) < 4.78 is 10.6. The van der Waals surface area contributed by atoms with Crippen LogP contribution in [0.15, 0.2) is 15.3 Å². The van der Waals surface area contributed by atoms with Crippen LogP contribution < -0.4 is 10.4 Å². The lowest BCUT2D eigenvalue weighted by atomic mass is 9.79. The van der Waals surface area contributed by atoms with Gasteiger partial charge in [-0.3, -0.25) is 0 Å². The van der Waals surface area contributed by atoms with Gasteiger partial charge < -0.3 is 14.3 Å². The minimum absolute atomic E-state index is 0.0237. The van der Waals surface area contributed by atoms with Crippen molar-refractivity contribution >= 4 is 0 Å². The van der Waals surface area contributed by atoms with E-state index < -0.39 is 6.29 Å². The quantitative estimate of drug-likeness (QED) is 0.898. The highest BCUT2D eigenvalue weighted by Gasteiger charge is 2.38. The number of aliphatic hydroxyl groups is 1. The van der Waals surface area contributed by atoms with E-state index >= 15 is 0 Å². The molecule has 0 saturated carbocycles. The van der Waals surface area contributed by atoms with Crippen molar-refractivity contribution in [3.05, 3.63) is 27.8 Å². The van der Waals surface area contributed by atoms with E-state index in [2.05, 4.69) is 6.92 Å². The minimum Gasteiger partial charge on any atom is -0.464 e. The fourth-order valence-corrected chi connectivity index (χ4v) is 2.81. The third-order valence-electron chi connectivity index (χ3n) is 3.65. The van der Waals surface area contributed by atoms with Gasteiger partial charge in [0.1, 0.15) is 11.5 Å². The number of ether oxygens (including phenoxy) is 1. The molecule has 0 amide bonds. The predicted molar refractivity (Wildman–Crippen MR) is 67.8 cm³/mol. The van der Waals surface area contributed by atoms with Crippen LogP contribution in [0.1, 0.15) is 50.4 Å². The van der Waals surface area contributed by atoms with Crippen molar-refractivity contribution in [2.75, 3.05) is 0 Å². The van der Waals surface area contributed by atoms with Crippen LogP contribution in [-0.2, 0) is 0 Å². The van der Waals surface area contributed by atoms with Crippen LogP contribution in [0.5, 0.6) is 5.75 Å². The van der Waals surface area contributed by atoms with Gasteiger partial charge >= 0.3 is 5.63 Å². The average molecular weight is 252 g/mol. The number of aliphatic hydroxyl groups excluding tert-OH is 1. The second kappa shape index (κ2) is 5.14. The van der Waals surface area contributed by atoms with Crippen molar-refractivity contribution in [2.24, 2.45) is 5.92 Å². The second-order valence-corrected chi connectivity index (χ2v) is 4.90. The molecule has 0 spiro atoms. The molecular weight excluding hydrogens is 232 g/mol. The fourth-order valence-electron chi connectivity index (χ4n) is 2.81. The topological polar surface area (TPSA) is 59.7 Å². The largest absolute Gasteiger partial charge is 0.464 e. The molecule has 1 aliphatic rings. The molecule has 0 aliphatic carbocycles. The SMILES string of the molecule is CCCC1c2c(cc(C)oc2=O)OC(O)C1CC. The van der Waals surface area contributed by atoms with Crippen LogP contribution in [0.4, 0.5) is 0 Å². The molecule has 4 nitrogen and oxygen atoms in total. The van der Waals surface area contributed by atoms with Gasteiger partial charge in [0.25, 0.3) is 0 Å². The van der Waals surface area contributed by atoms with Crippen LogP contribution >= 0.6 is 0 Å². The first-order valence-corrected chi connectivity index (χ1v) is 6.57. The molecule has 100 valence electrons. The number of rotatable bonds is 3. The number of aryl methyl sites for hydroxylation is 1. The van der Waals surface area contributed by atoms with Crippen LogP contribution in [0, 0.1) is 12.8 Å². The van der Waals surface area contributed by atoms with E-state index in [1.54, 1.807) is 13.0 Å². The monoisotopic (exact) mass is 252 g/mol. The maximum Gasteiger partial charge on any atom is 0.343 e. The Labute approximate surface area is 107 Å². The van der Waals surface area contributed by atoms with Gasteiger partial charge in [0.05, 0.1) is 5.56 Å². The Kier molecular flexibility index (Phi) is 3.76. The number of hydrogen-bond acceptors (Lipinski definition) is 4. The van der Waals surface area contributed by atoms with Crippen molar-refractivity contribution in [1.29, 1.82) is 0 Å². The Morgan fingerprint density at radius 2 is 2.11 bits per heavy atom. The highest BCUT2D eigenvalue weighted by molar-refractivity contribution is 5.37. The van der Waals surface area contributed by atoms with Crippen molar-refractivity contribution in [3.8, 4) is 5.75 Å². The zero-order chi connectivity index (χ0) is 13.3. The number of hydrogen-bond donors (Lipinski definition) is 1. The summed E-state index contributed by atoms with van der Waals surface area (Å²) in [6, 6.07) is 1.69. The van der Waals surface area contributed by atoms with Gasteiger partial charge in [-0.15, -0.1) is 0 Å². The van der Waals surface area contributed by atoms with Gasteiger partial charge in [-0.2, -0.15) is 0 Å². The Hall–Kier alpha value is -1.29. The molecule has 0 radical (unpaired) electrons. The lowest BCUT2D eigenvalue weighted by molar-refractivity contribution is -0.0861. The third kappa shape index (κ3) is 2.17. The molecule has 3 unspecified atom stereocenters. The molecular formula is C14H20O4. The van der Waals surface area contributed by atoms with Crippen LogP contribution in [0.3, 0.4) is 0 Å². The summed E-state index contributed by atoms with van der Waals surface area (Å²) in [5.41, 5.74) is 0.272. The van der Waals surface area contributed by atoms with Gasteiger partial charge in [0.15, 0.2) is 0 Å². The van der Waals surface area contributed by atoms with Crippen LogP contribution in [0.2, 0.25) is 0 Å². The second-order valence-electron chi connectivity index (χ2n) is 4.90. The standard InChI is InChI=1S/C14H20O4/c1-4-6-10-9(5-2)13(15)18-11-7-8(3)17-14(16)12(10)11/h7,9-10,13,15H,4-6H2,1-3H3. The first-order valence-electron chi connectivity index (χ1n) is 6.57. The minimum atomic E-state index is -0.833. The Morgan fingerprint density at radius 3 is 2.72 bits per heavy atom. The van der Waals surface area contributed by atoms with Crippen molar-refractivity contribution in [3.63, 3.8) is 0 Å². The Morgan fingerprint density at radius 1 is 1.39 bits per heavy atom. The van der Waals surface area contributed by atoms with Gasteiger partial charge in [-0.25, -0.2) is 4.79 Å². The maximum atomic E-state index is 12.0. The smallest absolute Gasteiger partial charge is 0.343 e. The van der Waals surface area contributed by atoms with E-state index in [0.29, 0.717) is 17.1 Å². The van der Waals surface area contributed by atoms with E-state index in [9.17, 15) is 9.90 Å². The maximum absolute atomic E-state index is 12.0. The average Bonchev–Trinajstić information content (AvgIpc) is 2.28. The van der Waals surface area contributed by atoms with Crippen molar-refractivity contribution in [2.45, 2.75) is 52.2 Å². The molecule has 4 heteroatoms. The van der Waals surface area contributed by atoms with E-state index in [-0.39, 0.29) is 17.5 Å². The fraction of sp³-hybridized carbons (Fsp3) is 0.643. The third-order valence-corrected chi connectivity index (χ3v) is 3.65. The van der Waals surface area contributed by atoms with Crippen molar-refractivity contribution in [1.82, 2.24) is 0 Å². The molecule has 1 aliphatic heterocycles. The summed E-state index contributed by atoms with van der Waals surface area (Å²) in [5.74, 6) is 0.981. The highest BCUT2D eigenvalue weighted by Crippen LogP contribution is 2.41. The zero-order valence-electron chi connectivity index (χ0n) is 11.1. The molecule has 0 fully saturated rings. The Bertz CT molecular complexity index is 477. The molecule has 0 saturated heterocycles. The number of fused-ring (bicyclic) bond motifs is 1. The van der Waals surface area contributed by atoms with E-state index in [1.807, 2.05) is 6.92 Å². The molecule has 1 aromatic heterocycles. The molecule has 3 atom stereocenters. The summed E-state index contributed by atoms with van der Waals surface area (Å²) in [6.07, 6.45) is 1.76. The highest BCUT2D eigenvalue weighted by atomic mass is 16.6. The van der Waals surface area contributed by atoms with Gasteiger partial charge in [-0.1, -0.05) is 20.3 Å². The van der Waals surface area contributed by atoms with Crippen molar-refractivity contribution < 1.29 is 14.3 Å². The first kappa shape index (κ1) is 13.1. The van der Waals surface area contributed by atoms with Gasteiger partial charge in [0, 0.05) is 17.9 Å². The lowest BCUT2D eigenvalue weighted by Gasteiger charge is -2.35. The molecule has 18 heavy (non-hydrogen) atoms. The van der Waals surface area contributed by atoms with E-state index in [1.165, 1.54) is 0 Å². The molecule has 2 rings (SSSR count). The van der Waals surface area contributed by atoms with Crippen LogP contribution in [-0.4, -0.2) is 11.4 Å². The van der Waals surface area contributed by atoms with Crippen LogP contribution in [0.25, 0.3) is 0 Å². The lowest BCUT2D eigenvalue weighted by Crippen LogP contribution is -2.38. The summed E-state index contributed by atoms with van der Waals surface area (Å²) >= 11 is 0. The van der Waals surface area contributed by atoms with E-state index in [4.69, 9.17) is 9.15 Å². The molecule has 0 bridgehead atoms. The summed E-state index contributed by atoms with van der Waals surface area (Å²) in [7, 11) is 0. The molecule has 2 heterocycles. The zero-order valence-corrected chi connectivity index (χ0v) is 11.1. The molecule has 1 N–H and O–H groups in total. The summed E-state index contributed by atoms with van der Waals surface area (Å²) in [5, 5.41) is 10.0. The van der Waals surface area contributed by atoms with Gasteiger partial charge in [-0.05, 0) is 19.8 Å². The Balaban J connectivity index is 2.53. The summed E-state index contributed by atoms with van der Waals surface area (Å²) in [4.78, 5) is 12.0. The predicted octanol–water partition coefficient (Wildman–Crippen LogP) is 2.57. The van der Waals surface area contributed by atoms with Gasteiger partial charge in [0.2, 0.25) is 6.29 Å². The van der Waals surface area contributed by atoms with E-state index in [0.717, 1.165) is 19.3 Å². The molecule has 1 aromatic rings. The first-order chi connectivity index (χ1) is 8.58. The molecule has 0 aromatic carbocycles.